The van der Waals surface area contributed by atoms with E-state index in [-0.39, 0.29) is 0 Å². The number of nitrogen functional groups attached to an aromatic ring is 1. The zero-order valence-electron chi connectivity index (χ0n) is 5.54. The molecule has 2 N–H and O–H groups in total. The SMILES string of the molecule is Nc1nc2cccc(Cl)c2s1. The number of nitrogens with two attached hydrogens (primary N) is 1. The van der Waals surface area contributed by atoms with Crippen LogP contribution in [0.25, 0.3) is 10.2 Å². The molecule has 2 rings (SSSR count). The van der Waals surface area contributed by atoms with Gasteiger partial charge in [-0.25, -0.2) is 4.98 Å². The quantitative estimate of drug-likeness (QED) is 0.684. The molecule has 0 saturated carbocycles. The highest BCUT2D eigenvalue weighted by atomic mass is 35.5. The number of thiazole rings is 1. The van der Waals surface area contributed by atoms with Gasteiger partial charge in [0.15, 0.2) is 5.13 Å². The molecule has 0 amide bonds. The summed E-state index contributed by atoms with van der Waals surface area (Å²) in [5.74, 6) is 0. The third-order valence-corrected chi connectivity index (χ3v) is 2.74. The van der Waals surface area contributed by atoms with Crippen molar-refractivity contribution in [3.63, 3.8) is 0 Å². The lowest BCUT2D eigenvalue weighted by Crippen LogP contribution is -1.78. The van der Waals surface area contributed by atoms with Gasteiger partial charge in [0.1, 0.15) is 0 Å². The molecule has 1 aromatic heterocycles. The molecule has 56 valence electrons. The van der Waals surface area contributed by atoms with Crippen LogP contribution in [0.15, 0.2) is 18.2 Å². The zero-order valence-corrected chi connectivity index (χ0v) is 7.12. The number of fused-ring (bicyclic) bond motifs is 1. The highest BCUT2D eigenvalue weighted by molar-refractivity contribution is 7.22. The summed E-state index contributed by atoms with van der Waals surface area (Å²) in [7, 11) is 0. The van der Waals surface area contributed by atoms with Crippen molar-refractivity contribution in [2.24, 2.45) is 0 Å². The number of aromatic nitrogens is 1. The van der Waals surface area contributed by atoms with Crippen LogP contribution in [0.3, 0.4) is 0 Å². The van der Waals surface area contributed by atoms with Crippen LogP contribution in [0.5, 0.6) is 0 Å². The second-order valence-corrected chi connectivity index (χ2v) is 3.58. The van der Waals surface area contributed by atoms with Gasteiger partial charge in [-0.05, 0) is 12.1 Å². The van der Waals surface area contributed by atoms with Crippen LogP contribution in [0.4, 0.5) is 5.13 Å². The monoisotopic (exact) mass is 184 g/mol. The average Bonchev–Trinajstić information content (AvgIpc) is 2.31. The number of benzene rings is 1. The Morgan fingerprint density at radius 3 is 3.00 bits per heavy atom. The minimum Gasteiger partial charge on any atom is -0.375 e. The zero-order chi connectivity index (χ0) is 7.84. The Hall–Kier alpha value is -0.800. The molecule has 0 saturated heterocycles. The minimum atomic E-state index is 0.563. The summed E-state index contributed by atoms with van der Waals surface area (Å²) in [4.78, 5) is 4.09. The molecule has 0 spiro atoms. The second-order valence-electron chi connectivity index (χ2n) is 2.14. The van der Waals surface area contributed by atoms with E-state index in [4.69, 9.17) is 17.3 Å². The highest BCUT2D eigenvalue weighted by Gasteiger charge is 2.02. The predicted molar refractivity (Wildman–Crippen MR) is 49.0 cm³/mol. The lowest BCUT2D eigenvalue weighted by atomic mass is 10.3. The maximum atomic E-state index is 5.89. The summed E-state index contributed by atoms with van der Waals surface area (Å²) in [5, 5.41) is 1.28. The van der Waals surface area contributed by atoms with Crippen molar-refractivity contribution in [1.29, 1.82) is 0 Å². The van der Waals surface area contributed by atoms with Crippen molar-refractivity contribution in [2.45, 2.75) is 0 Å². The fraction of sp³-hybridized carbons (Fsp3) is 0. The Morgan fingerprint density at radius 2 is 2.27 bits per heavy atom. The van der Waals surface area contributed by atoms with Crippen molar-refractivity contribution in [3.05, 3.63) is 23.2 Å². The number of rotatable bonds is 0. The third kappa shape index (κ3) is 1.06. The van der Waals surface area contributed by atoms with E-state index in [1.807, 2.05) is 18.2 Å². The summed E-state index contributed by atoms with van der Waals surface area (Å²) in [6.07, 6.45) is 0. The molecule has 0 bridgehead atoms. The van der Waals surface area contributed by atoms with Gasteiger partial charge in [0.25, 0.3) is 0 Å². The first-order chi connectivity index (χ1) is 5.27. The first kappa shape index (κ1) is 6.88. The third-order valence-electron chi connectivity index (χ3n) is 1.38. The van der Waals surface area contributed by atoms with Gasteiger partial charge in [0, 0.05) is 0 Å². The van der Waals surface area contributed by atoms with Gasteiger partial charge in [0.05, 0.1) is 15.2 Å². The van der Waals surface area contributed by atoms with Gasteiger partial charge in [-0.3, -0.25) is 0 Å². The van der Waals surface area contributed by atoms with E-state index in [0.29, 0.717) is 5.13 Å². The van der Waals surface area contributed by atoms with Gasteiger partial charge >= 0.3 is 0 Å². The molecule has 0 atom stereocenters. The number of hydrogen-bond donors (Lipinski definition) is 1. The number of hydrogen-bond acceptors (Lipinski definition) is 3. The lowest BCUT2D eigenvalue weighted by molar-refractivity contribution is 1.50. The summed E-state index contributed by atoms with van der Waals surface area (Å²) in [5.41, 5.74) is 6.38. The van der Waals surface area contributed by atoms with Crippen molar-refractivity contribution in [2.75, 3.05) is 5.73 Å². The first-order valence-electron chi connectivity index (χ1n) is 3.08. The summed E-state index contributed by atoms with van der Waals surface area (Å²) in [6.45, 7) is 0. The largest absolute Gasteiger partial charge is 0.375 e. The Balaban J connectivity index is 2.90. The van der Waals surface area contributed by atoms with Crippen LogP contribution >= 0.6 is 22.9 Å². The van der Waals surface area contributed by atoms with E-state index in [2.05, 4.69) is 4.98 Å². The van der Waals surface area contributed by atoms with E-state index in [1.165, 1.54) is 11.3 Å². The average molecular weight is 185 g/mol. The molecule has 0 radical (unpaired) electrons. The molecular formula is C7H5ClN2S. The summed E-state index contributed by atoms with van der Waals surface area (Å²) >= 11 is 7.30. The molecule has 4 heteroatoms. The molecule has 0 unspecified atom stereocenters. The van der Waals surface area contributed by atoms with Gasteiger partial charge in [-0.15, -0.1) is 0 Å². The normalized spacial score (nSPS) is 10.6. The molecule has 0 aliphatic heterocycles. The second kappa shape index (κ2) is 2.36. The lowest BCUT2D eigenvalue weighted by Gasteiger charge is -1.87. The molecule has 0 aliphatic rings. The van der Waals surface area contributed by atoms with Gasteiger partial charge in [0.2, 0.25) is 0 Å². The van der Waals surface area contributed by atoms with Crippen LogP contribution in [0.2, 0.25) is 5.02 Å². The highest BCUT2D eigenvalue weighted by Crippen LogP contribution is 2.29. The van der Waals surface area contributed by atoms with Crippen LogP contribution < -0.4 is 5.73 Å². The molecule has 2 aromatic rings. The van der Waals surface area contributed by atoms with Crippen molar-refractivity contribution >= 4 is 38.3 Å². The van der Waals surface area contributed by atoms with Gasteiger partial charge in [-0.2, -0.15) is 0 Å². The van der Waals surface area contributed by atoms with Crippen molar-refractivity contribution < 1.29 is 0 Å². The minimum absolute atomic E-state index is 0.563. The summed E-state index contributed by atoms with van der Waals surface area (Å²) < 4.78 is 0.965. The van der Waals surface area contributed by atoms with Crippen LogP contribution in [-0.4, -0.2) is 4.98 Å². The van der Waals surface area contributed by atoms with Crippen LogP contribution in [0, 0.1) is 0 Å². The Kier molecular flexibility index (Phi) is 1.47. The topological polar surface area (TPSA) is 38.9 Å². The number of halogens is 1. The van der Waals surface area contributed by atoms with Crippen LogP contribution in [0.1, 0.15) is 0 Å². The number of anilines is 1. The maximum Gasteiger partial charge on any atom is 0.181 e. The fourth-order valence-electron chi connectivity index (χ4n) is 0.933. The van der Waals surface area contributed by atoms with E-state index < -0.39 is 0 Å². The fourth-order valence-corrected chi connectivity index (χ4v) is 1.95. The smallest absolute Gasteiger partial charge is 0.181 e. The Bertz CT molecular complexity index is 396. The van der Waals surface area contributed by atoms with Gasteiger partial charge in [-0.1, -0.05) is 29.0 Å². The summed E-state index contributed by atoms with van der Waals surface area (Å²) in [6, 6.07) is 5.60. The first-order valence-corrected chi connectivity index (χ1v) is 4.27. The molecule has 0 aliphatic carbocycles. The van der Waals surface area contributed by atoms with E-state index in [1.54, 1.807) is 0 Å². The van der Waals surface area contributed by atoms with E-state index in [9.17, 15) is 0 Å². The van der Waals surface area contributed by atoms with Gasteiger partial charge < -0.3 is 5.73 Å². The predicted octanol–water partition coefficient (Wildman–Crippen LogP) is 2.53. The Labute approximate surface area is 72.6 Å². The molecular weight excluding hydrogens is 180 g/mol. The van der Waals surface area contributed by atoms with Crippen molar-refractivity contribution in [3.8, 4) is 0 Å². The van der Waals surface area contributed by atoms with E-state index in [0.717, 1.165) is 15.2 Å². The molecule has 11 heavy (non-hydrogen) atoms. The Morgan fingerprint density at radius 1 is 1.45 bits per heavy atom. The standard InChI is InChI=1S/C7H5ClN2S/c8-4-2-1-3-5-6(4)11-7(9)10-5/h1-3H,(H2,9,10). The maximum absolute atomic E-state index is 5.89. The molecule has 1 aromatic carbocycles. The molecule has 1 heterocycles. The number of nitrogens with zero attached hydrogens (tertiary/aromatic N) is 1. The van der Waals surface area contributed by atoms with Crippen molar-refractivity contribution in [1.82, 2.24) is 4.98 Å². The van der Waals surface area contributed by atoms with E-state index >= 15 is 0 Å². The van der Waals surface area contributed by atoms with Crippen LogP contribution in [-0.2, 0) is 0 Å². The molecule has 0 fully saturated rings. The molecule has 2 nitrogen and oxygen atoms in total.